The largest absolute Gasteiger partial charge is 0.478 e. The molecule has 1 fully saturated rings. The first-order chi connectivity index (χ1) is 12.9. The highest BCUT2D eigenvalue weighted by molar-refractivity contribution is 9.10. The molecule has 9 heteroatoms. The van der Waals surface area contributed by atoms with E-state index in [1.807, 2.05) is 24.3 Å². The molecule has 0 amide bonds. The van der Waals surface area contributed by atoms with Gasteiger partial charge in [0.1, 0.15) is 5.01 Å². The van der Waals surface area contributed by atoms with Gasteiger partial charge in [0.15, 0.2) is 0 Å². The Morgan fingerprint density at radius 1 is 1.26 bits per heavy atom. The highest BCUT2D eigenvalue weighted by Crippen LogP contribution is 2.40. The summed E-state index contributed by atoms with van der Waals surface area (Å²) in [5.41, 5.74) is 0.783. The van der Waals surface area contributed by atoms with Crippen LogP contribution in [0.4, 0.5) is 0 Å². The molecule has 2 heterocycles. The molecule has 0 unspecified atom stereocenters. The van der Waals surface area contributed by atoms with Crippen molar-refractivity contribution in [2.45, 2.75) is 23.8 Å². The molecular weight excluding hydrogens is 452 g/mol. The van der Waals surface area contributed by atoms with Crippen molar-refractivity contribution < 1.29 is 18.3 Å². The van der Waals surface area contributed by atoms with Gasteiger partial charge in [-0.15, -0.1) is 11.3 Å². The second-order valence-electron chi connectivity index (χ2n) is 6.24. The quantitative estimate of drug-likeness (QED) is 0.619. The summed E-state index contributed by atoms with van der Waals surface area (Å²) in [6.07, 6.45) is 1.43. The van der Waals surface area contributed by atoms with Crippen LogP contribution in [0.15, 0.2) is 51.8 Å². The van der Waals surface area contributed by atoms with Crippen molar-refractivity contribution in [2.75, 3.05) is 6.54 Å². The van der Waals surface area contributed by atoms with Gasteiger partial charge in [0, 0.05) is 11.0 Å². The number of sulfonamides is 1. The van der Waals surface area contributed by atoms with Crippen LogP contribution in [-0.4, -0.2) is 35.3 Å². The first-order valence-electron chi connectivity index (χ1n) is 8.28. The highest BCUT2D eigenvalue weighted by atomic mass is 79.9. The minimum atomic E-state index is -3.83. The number of carboxylic acids is 1. The Balaban J connectivity index is 1.74. The summed E-state index contributed by atoms with van der Waals surface area (Å²) in [4.78, 5) is 16.0. The van der Waals surface area contributed by atoms with Crippen LogP contribution in [0.1, 0.15) is 34.2 Å². The van der Waals surface area contributed by atoms with Crippen LogP contribution < -0.4 is 0 Å². The minimum absolute atomic E-state index is 0.0175. The fraction of sp³-hybridized carbons (Fsp3) is 0.222. The number of para-hydroxylation sites is 1. The molecule has 1 aromatic heterocycles. The zero-order valence-corrected chi connectivity index (χ0v) is 17.2. The number of aromatic nitrogens is 1. The number of aromatic carboxylic acids is 1. The van der Waals surface area contributed by atoms with E-state index in [4.69, 9.17) is 0 Å². The van der Waals surface area contributed by atoms with Gasteiger partial charge in [0.25, 0.3) is 0 Å². The first-order valence-corrected chi connectivity index (χ1v) is 11.3. The third-order valence-corrected chi connectivity index (χ3v) is 8.31. The van der Waals surface area contributed by atoms with E-state index in [2.05, 4.69) is 20.9 Å². The van der Waals surface area contributed by atoms with Gasteiger partial charge < -0.3 is 5.11 Å². The summed E-state index contributed by atoms with van der Waals surface area (Å²) in [5.74, 6) is -1.18. The Morgan fingerprint density at radius 2 is 2.04 bits per heavy atom. The molecule has 0 radical (unpaired) electrons. The average molecular weight is 467 g/mol. The van der Waals surface area contributed by atoms with Gasteiger partial charge in [0.05, 0.1) is 26.7 Å². The van der Waals surface area contributed by atoms with Crippen molar-refractivity contribution in [2.24, 2.45) is 0 Å². The molecule has 4 rings (SSSR count). The predicted molar refractivity (Wildman–Crippen MR) is 107 cm³/mol. The van der Waals surface area contributed by atoms with Crippen LogP contribution in [0.3, 0.4) is 0 Å². The SMILES string of the molecule is O=C(O)c1cc(S(=O)(=O)N2CCC[C@H]2c2nc3ccccc3s2)ccc1Br. The van der Waals surface area contributed by atoms with Crippen molar-refractivity contribution in [3.63, 3.8) is 0 Å². The summed E-state index contributed by atoms with van der Waals surface area (Å²) in [5, 5.41) is 10.1. The average Bonchev–Trinajstić information content (AvgIpc) is 3.28. The molecule has 1 saturated heterocycles. The Bertz CT molecular complexity index is 1110. The van der Waals surface area contributed by atoms with Gasteiger partial charge in [-0.1, -0.05) is 12.1 Å². The molecule has 1 aliphatic rings. The Hall–Kier alpha value is -1.81. The van der Waals surface area contributed by atoms with E-state index in [0.717, 1.165) is 21.6 Å². The lowest BCUT2D eigenvalue weighted by molar-refractivity contribution is 0.0695. The maximum absolute atomic E-state index is 13.2. The van der Waals surface area contributed by atoms with Crippen molar-refractivity contribution in [1.29, 1.82) is 0 Å². The molecule has 6 nitrogen and oxygen atoms in total. The van der Waals surface area contributed by atoms with E-state index in [9.17, 15) is 18.3 Å². The topological polar surface area (TPSA) is 87.6 Å². The summed E-state index contributed by atoms with van der Waals surface area (Å²) in [6.45, 7) is 0.390. The molecule has 3 aromatic rings. The number of thiazole rings is 1. The molecular formula is C18H15BrN2O4S2. The van der Waals surface area contributed by atoms with Crippen molar-refractivity contribution in [3.05, 3.63) is 57.5 Å². The molecule has 0 bridgehead atoms. The van der Waals surface area contributed by atoms with Crippen LogP contribution in [-0.2, 0) is 10.0 Å². The number of carboxylic acid groups (broad SMARTS) is 1. The summed E-state index contributed by atoms with van der Waals surface area (Å²) in [6, 6.07) is 11.5. The minimum Gasteiger partial charge on any atom is -0.478 e. The first kappa shape index (κ1) is 18.5. The van der Waals surface area contributed by atoms with Crippen LogP contribution in [0, 0.1) is 0 Å². The van der Waals surface area contributed by atoms with Crippen molar-refractivity contribution in [1.82, 2.24) is 9.29 Å². The lowest BCUT2D eigenvalue weighted by Gasteiger charge is -2.22. The molecule has 140 valence electrons. The molecule has 0 aliphatic carbocycles. The van der Waals surface area contributed by atoms with Gasteiger partial charge in [-0.3, -0.25) is 0 Å². The third kappa shape index (κ3) is 3.29. The van der Waals surface area contributed by atoms with Crippen LogP contribution in [0.5, 0.6) is 0 Å². The second-order valence-corrected chi connectivity index (χ2v) is 10.0. The normalized spacial score (nSPS) is 18.2. The number of carbonyl (C=O) groups is 1. The van der Waals surface area contributed by atoms with Gasteiger partial charge in [-0.2, -0.15) is 4.31 Å². The fourth-order valence-electron chi connectivity index (χ4n) is 3.27. The number of benzene rings is 2. The van der Waals surface area contributed by atoms with Gasteiger partial charge >= 0.3 is 5.97 Å². The standard InChI is InChI=1S/C18H15BrN2O4S2/c19-13-8-7-11(10-12(13)18(22)23)27(24,25)21-9-3-5-15(21)17-20-14-4-1-2-6-16(14)26-17/h1-2,4,6-8,10,15H,3,5,9H2,(H,22,23)/t15-/m0/s1. The Kier molecular flexibility index (Phi) is 4.79. The Labute approximate surface area is 168 Å². The summed E-state index contributed by atoms with van der Waals surface area (Å²) in [7, 11) is -3.83. The monoisotopic (exact) mass is 466 g/mol. The number of fused-ring (bicyclic) bond motifs is 1. The lowest BCUT2D eigenvalue weighted by atomic mass is 10.2. The number of rotatable bonds is 4. The molecule has 1 aliphatic heterocycles. The number of hydrogen-bond donors (Lipinski definition) is 1. The maximum Gasteiger partial charge on any atom is 0.336 e. The van der Waals surface area contributed by atoms with E-state index in [1.165, 1.54) is 33.8 Å². The van der Waals surface area contributed by atoms with Crippen LogP contribution in [0.25, 0.3) is 10.2 Å². The van der Waals surface area contributed by atoms with Crippen molar-refractivity contribution >= 4 is 53.5 Å². The summed E-state index contributed by atoms with van der Waals surface area (Å²) < 4.78 is 29.2. The smallest absolute Gasteiger partial charge is 0.336 e. The molecule has 0 saturated carbocycles. The predicted octanol–water partition coefficient (Wildman–Crippen LogP) is 4.28. The van der Waals surface area contributed by atoms with E-state index in [0.29, 0.717) is 17.4 Å². The second kappa shape index (κ2) is 6.97. The maximum atomic E-state index is 13.2. The number of halogens is 1. The molecule has 1 atom stereocenters. The zero-order chi connectivity index (χ0) is 19.2. The molecule has 0 spiro atoms. The molecule has 1 N–H and O–H groups in total. The lowest BCUT2D eigenvalue weighted by Crippen LogP contribution is -2.30. The fourth-order valence-corrected chi connectivity index (χ4v) is 6.56. The van der Waals surface area contributed by atoms with Crippen LogP contribution in [0.2, 0.25) is 0 Å². The van der Waals surface area contributed by atoms with Gasteiger partial charge in [0.2, 0.25) is 10.0 Å². The van der Waals surface area contributed by atoms with E-state index in [1.54, 1.807) is 0 Å². The van der Waals surface area contributed by atoms with E-state index in [-0.39, 0.29) is 16.5 Å². The van der Waals surface area contributed by atoms with Crippen LogP contribution >= 0.6 is 27.3 Å². The van der Waals surface area contributed by atoms with Gasteiger partial charge in [-0.25, -0.2) is 18.2 Å². The highest BCUT2D eigenvalue weighted by Gasteiger charge is 2.38. The third-order valence-electron chi connectivity index (χ3n) is 4.57. The summed E-state index contributed by atoms with van der Waals surface area (Å²) >= 11 is 4.65. The number of hydrogen-bond acceptors (Lipinski definition) is 5. The Morgan fingerprint density at radius 3 is 2.78 bits per heavy atom. The van der Waals surface area contributed by atoms with E-state index < -0.39 is 16.0 Å². The van der Waals surface area contributed by atoms with Gasteiger partial charge in [-0.05, 0) is 59.1 Å². The molecule has 27 heavy (non-hydrogen) atoms. The zero-order valence-electron chi connectivity index (χ0n) is 14.0. The van der Waals surface area contributed by atoms with E-state index >= 15 is 0 Å². The van der Waals surface area contributed by atoms with Crippen molar-refractivity contribution in [3.8, 4) is 0 Å². The number of nitrogens with zero attached hydrogens (tertiary/aromatic N) is 2. The molecule has 2 aromatic carbocycles.